The topological polar surface area (TPSA) is 123 Å². The molecule has 0 unspecified atom stereocenters. The second-order valence-electron chi connectivity index (χ2n) is 12.8. The maximum Gasteiger partial charge on any atom is 0.256 e. The summed E-state index contributed by atoms with van der Waals surface area (Å²) < 4.78 is 2.31. The zero-order valence-electron chi connectivity index (χ0n) is 25.3. The number of imidazole rings is 1. The molecule has 3 heterocycles. The summed E-state index contributed by atoms with van der Waals surface area (Å²) >= 11 is 0. The predicted molar refractivity (Wildman–Crippen MR) is 168 cm³/mol. The number of fused-ring (bicyclic) bond motifs is 3. The Balaban J connectivity index is 0.974. The molecule has 228 valence electrons. The van der Waals surface area contributed by atoms with Crippen LogP contribution in [0.4, 0.5) is 5.82 Å². The molecule has 43 heavy (non-hydrogen) atoms. The molecule has 3 aromatic rings. The van der Waals surface area contributed by atoms with E-state index in [2.05, 4.69) is 27.9 Å². The lowest BCUT2D eigenvalue weighted by Crippen LogP contribution is -2.39. The fourth-order valence-electron chi connectivity index (χ4n) is 6.80. The Labute approximate surface area is 253 Å². The first-order valence-electron chi connectivity index (χ1n) is 16.3. The minimum absolute atomic E-state index is 0.00450. The van der Waals surface area contributed by atoms with E-state index in [1.54, 1.807) is 6.08 Å². The van der Waals surface area contributed by atoms with Gasteiger partial charge in [0.25, 0.3) is 11.8 Å². The number of nitrogens with two attached hydrogens (primary N) is 1. The van der Waals surface area contributed by atoms with Crippen LogP contribution in [0.5, 0.6) is 0 Å². The van der Waals surface area contributed by atoms with Crippen molar-refractivity contribution in [2.75, 3.05) is 18.8 Å². The Hall–Kier alpha value is -3.75. The number of unbranched alkanes of at least 4 members (excludes halogenated alkanes) is 2. The number of hydrogen-bond donors (Lipinski definition) is 2. The average Bonchev–Trinajstić information content (AvgIpc) is 3.70. The van der Waals surface area contributed by atoms with Gasteiger partial charge in [-0.25, -0.2) is 9.97 Å². The van der Waals surface area contributed by atoms with Gasteiger partial charge in [0, 0.05) is 49.0 Å². The molecule has 0 atom stereocenters. The quantitative estimate of drug-likeness (QED) is 0.207. The highest BCUT2D eigenvalue weighted by Crippen LogP contribution is 2.37. The van der Waals surface area contributed by atoms with Gasteiger partial charge < -0.3 is 15.6 Å². The molecule has 6 rings (SSSR count). The van der Waals surface area contributed by atoms with E-state index >= 15 is 0 Å². The van der Waals surface area contributed by atoms with Crippen molar-refractivity contribution in [3.8, 4) is 0 Å². The number of amides is 3. The number of aromatic nitrogens is 3. The number of carbonyl (C=O) groups is 3. The molecule has 9 nitrogen and oxygen atoms in total. The Bertz CT molecular complexity index is 1550. The van der Waals surface area contributed by atoms with Gasteiger partial charge in [0.15, 0.2) is 5.82 Å². The Morgan fingerprint density at radius 1 is 1.00 bits per heavy atom. The number of nitrogens with one attached hydrogen (secondary N) is 1. The first-order chi connectivity index (χ1) is 20.9. The van der Waals surface area contributed by atoms with Crippen LogP contribution in [0.2, 0.25) is 0 Å². The summed E-state index contributed by atoms with van der Waals surface area (Å²) in [6.07, 6.45) is 12.8. The molecule has 1 aromatic carbocycles. The van der Waals surface area contributed by atoms with Crippen LogP contribution >= 0.6 is 0 Å². The largest absolute Gasteiger partial charge is 0.382 e. The Morgan fingerprint density at radius 3 is 2.53 bits per heavy atom. The average molecular weight is 585 g/mol. The third-order valence-corrected chi connectivity index (χ3v) is 9.50. The van der Waals surface area contributed by atoms with Gasteiger partial charge in [-0.3, -0.25) is 19.3 Å². The maximum atomic E-state index is 13.0. The minimum Gasteiger partial charge on any atom is -0.382 e. The lowest BCUT2D eigenvalue weighted by atomic mass is 9.81. The number of rotatable bonds is 13. The molecular weight excluding hydrogens is 540 g/mol. The second kappa shape index (κ2) is 12.9. The van der Waals surface area contributed by atoms with Crippen LogP contribution in [0.1, 0.15) is 83.4 Å². The highest BCUT2D eigenvalue weighted by molar-refractivity contribution is 6.16. The molecule has 1 aliphatic heterocycles. The van der Waals surface area contributed by atoms with Crippen LogP contribution < -0.4 is 11.1 Å². The molecule has 2 saturated carbocycles. The van der Waals surface area contributed by atoms with Crippen LogP contribution in [-0.2, 0) is 27.3 Å². The standard InChI is InChI=1S/C34H44N6O3/c1-2-3-10-28-38-30-31(26-8-4-5-9-27(26)37-32(30)35)39(28)18-7-6-17-36-33(42)24-15-13-23(14-16-24)21-40-29(41)20-25(34(40)43)19-22-11-12-22/h4-5,8-9,20,22-24H,2-3,6-7,10-19,21H2,1H3,(H2,35,37)(H,36,42). The fourth-order valence-corrected chi connectivity index (χ4v) is 6.80. The highest BCUT2D eigenvalue weighted by Gasteiger charge is 2.36. The summed E-state index contributed by atoms with van der Waals surface area (Å²) in [5, 5.41) is 4.24. The van der Waals surface area contributed by atoms with E-state index in [4.69, 9.17) is 10.7 Å². The molecule has 2 aliphatic carbocycles. The van der Waals surface area contributed by atoms with Gasteiger partial charge in [0.2, 0.25) is 5.91 Å². The molecule has 3 aliphatic rings. The predicted octanol–water partition coefficient (Wildman–Crippen LogP) is 5.31. The van der Waals surface area contributed by atoms with Crippen LogP contribution in [-0.4, -0.2) is 50.2 Å². The first-order valence-corrected chi connectivity index (χ1v) is 16.3. The highest BCUT2D eigenvalue weighted by atomic mass is 16.2. The maximum absolute atomic E-state index is 13.0. The third-order valence-electron chi connectivity index (χ3n) is 9.50. The van der Waals surface area contributed by atoms with Crippen molar-refractivity contribution >= 4 is 45.5 Å². The SMILES string of the molecule is CCCCc1nc2c(N)nc3ccccc3c2n1CCCCNC(=O)C1CCC(CN2C(=O)C=C(CC3CC3)C2=O)CC1. The van der Waals surface area contributed by atoms with Gasteiger partial charge in [0.1, 0.15) is 11.3 Å². The van der Waals surface area contributed by atoms with Gasteiger partial charge in [-0.2, -0.15) is 0 Å². The number of imide groups is 1. The van der Waals surface area contributed by atoms with Crippen molar-refractivity contribution in [2.45, 2.75) is 90.5 Å². The molecule has 0 spiro atoms. The summed E-state index contributed by atoms with van der Waals surface area (Å²) in [6.45, 7) is 4.13. The monoisotopic (exact) mass is 584 g/mol. The number of nitrogen functional groups attached to an aromatic ring is 1. The van der Waals surface area contributed by atoms with E-state index in [1.807, 2.05) is 18.2 Å². The van der Waals surface area contributed by atoms with E-state index < -0.39 is 0 Å². The summed E-state index contributed by atoms with van der Waals surface area (Å²) in [5.74, 6) is 2.27. The zero-order valence-corrected chi connectivity index (χ0v) is 25.3. The number of nitrogens with zero attached hydrogens (tertiary/aromatic N) is 4. The van der Waals surface area contributed by atoms with Crippen LogP contribution in [0.15, 0.2) is 35.9 Å². The number of aryl methyl sites for hydroxylation is 2. The zero-order chi connectivity index (χ0) is 29.9. The van der Waals surface area contributed by atoms with Crippen LogP contribution in [0.3, 0.4) is 0 Å². The Morgan fingerprint density at radius 2 is 1.77 bits per heavy atom. The van der Waals surface area contributed by atoms with Crippen LogP contribution in [0.25, 0.3) is 21.9 Å². The van der Waals surface area contributed by atoms with Gasteiger partial charge in [-0.05, 0) is 82.1 Å². The van der Waals surface area contributed by atoms with Crippen molar-refractivity contribution in [2.24, 2.45) is 17.8 Å². The molecule has 0 saturated heterocycles. The first kappa shape index (κ1) is 29.3. The third kappa shape index (κ3) is 6.45. The Kier molecular flexibility index (Phi) is 8.77. The minimum atomic E-state index is -0.157. The lowest BCUT2D eigenvalue weighted by Gasteiger charge is -2.30. The number of pyridine rings is 1. The number of benzene rings is 1. The van der Waals surface area contributed by atoms with Crippen molar-refractivity contribution in [3.63, 3.8) is 0 Å². The molecule has 0 bridgehead atoms. The van der Waals surface area contributed by atoms with E-state index in [1.165, 1.54) is 4.90 Å². The second-order valence-corrected chi connectivity index (χ2v) is 12.8. The molecule has 3 N–H and O–H groups in total. The van der Waals surface area contributed by atoms with Gasteiger partial charge in [-0.1, -0.05) is 31.5 Å². The normalized spacial score (nSPS) is 20.8. The number of hydrogen-bond acceptors (Lipinski definition) is 6. The van der Waals surface area contributed by atoms with Gasteiger partial charge >= 0.3 is 0 Å². The van der Waals surface area contributed by atoms with Crippen molar-refractivity contribution in [1.29, 1.82) is 0 Å². The molecule has 0 radical (unpaired) electrons. The molecular formula is C34H44N6O3. The van der Waals surface area contributed by atoms with Gasteiger partial charge in [-0.15, -0.1) is 0 Å². The van der Waals surface area contributed by atoms with E-state index in [-0.39, 0.29) is 29.6 Å². The van der Waals surface area contributed by atoms with Gasteiger partial charge in [0.05, 0.1) is 11.0 Å². The van der Waals surface area contributed by atoms with E-state index in [0.29, 0.717) is 30.4 Å². The lowest BCUT2D eigenvalue weighted by molar-refractivity contribution is -0.138. The molecule has 2 aromatic heterocycles. The number of anilines is 1. The summed E-state index contributed by atoms with van der Waals surface area (Å²) in [5.41, 5.74) is 9.74. The fraction of sp³-hybridized carbons (Fsp3) is 0.559. The van der Waals surface area contributed by atoms with E-state index in [0.717, 1.165) is 111 Å². The molecule has 3 amide bonds. The molecule has 2 fully saturated rings. The summed E-state index contributed by atoms with van der Waals surface area (Å²) in [7, 11) is 0. The number of carbonyl (C=O) groups excluding carboxylic acids is 3. The smallest absolute Gasteiger partial charge is 0.256 e. The van der Waals surface area contributed by atoms with Crippen molar-refractivity contribution < 1.29 is 14.4 Å². The summed E-state index contributed by atoms with van der Waals surface area (Å²) in [6, 6.07) is 8.09. The van der Waals surface area contributed by atoms with Crippen molar-refractivity contribution in [1.82, 2.24) is 24.8 Å². The summed E-state index contributed by atoms with van der Waals surface area (Å²) in [4.78, 5) is 49.1. The molecule has 9 heteroatoms. The van der Waals surface area contributed by atoms with Crippen LogP contribution in [0, 0.1) is 17.8 Å². The number of para-hydroxylation sites is 1. The van der Waals surface area contributed by atoms with E-state index in [9.17, 15) is 14.4 Å². The van der Waals surface area contributed by atoms with Crippen molar-refractivity contribution in [3.05, 3.63) is 41.7 Å².